The Morgan fingerprint density at radius 2 is 2.12 bits per heavy atom. The number of thiazole rings is 1. The number of aromatic nitrogens is 1. The third-order valence-corrected chi connectivity index (χ3v) is 3.34. The van der Waals surface area contributed by atoms with E-state index in [0.29, 0.717) is 6.61 Å². The van der Waals surface area contributed by atoms with Crippen LogP contribution in [0.3, 0.4) is 0 Å². The van der Waals surface area contributed by atoms with Gasteiger partial charge >= 0.3 is 0 Å². The predicted octanol–water partition coefficient (Wildman–Crippen LogP) is 3.53. The molecule has 0 aliphatic carbocycles. The van der Waals surface area contributed by atoms with E-state index in [0.717, 1.165) is 27.8 Å². The highest BCUT2D eigenvalue weighted by Crippen LogP contribution is 2.33. The Bertz CT molecular complexity index is 508. The highest BCUT2D eigenvalue weighted by atomic mass is 32.1. The molecule has 0 atom stereocenters. The Balaban J connectivity index is 2.37. The van der Waals surface area contributed by atoms with E-state index < -0.39 is 0 Å². The van der Waals surface area contributed by atoms with Crippen molar-refractivity contribution >= 4 is 11.3 Å². The maximum Gasteiger partial charge on any atom is 0.161 e. The fourth-order valence-electron chi connectivity index (χ4n) is 1.56. The van der Waals surface area contributed by atoms with E-state index in [-0.39, 0.29) is 0 Å². The highest BCUT2D eigenvalue weighted by Gasteiger charge is 2.08. The third kappa shape index (κ3) is 2.58. The minimum absolute atomic E-state index is 0.631. The number of ether oxygens (including phenoxy) is 2. The van der Waals surface area contributed by atoms with Crippen LogP contribution in [-0.2, 0) is 0 Å². The predicted molar refractivity (Wildman–Crippen MR) is 70.0 cm³/mol. The SMILES string of the molecule is CCOc1ccc(-c2nc(C)cs2)cc1OC. The molecule has 0 saturated carbocycles. The number of aryl methyl sites for hydroxylation is 1. The molecule has 1 aromatic carbocycles. The molecule has 0 saturated heterocycles. The van der Waals surface area contributed by atoms with Crippen LogP contribution in [0.5, 0.6) is 11.5 Å². The van der Waals surface area contributed by atoms with Gasteiger partial charge in [0, 0.05) is 16.6 Å². The molecule has 17 heavy (non-hydrogen) atoms. The van der Waals surface area contributed by atoms with Crippen molar-refractivity contribution in [2.24, 2.45) is 0 Å². The standard InChI is InChI=1S/C13H15NO2S/c1-4-16-11-6-5-10(7-12(11)15-3)13-14-9(2)8-17-13/h5-8H,4H2,1-3H3. The first-order valence-electron chi connectivity index (χ1n) is 5.48. The number of benzene rings is 1. The van der Waals surface area contributed by atoms with Crippen molar-refractivity contribution < 1.29 is 9.47 Å². The maximum absolute atomic E-state index is 5.48. The smallest absolute Gasteiger partial charge is 0.161 e. The van der Waals surface area contributed by atoms with E-state index in [9.17, 15) is 0 Å². The van der Waals surface area contributed by atoms with Crippen molar-refractivity contribution in [3.63, 3.8) is 0 Å². The summed E-state index contributed by atoms with van der Waals surface area (Å²) in [5.74, 6) is 1.52. The van der Waals surface area contributed by atoms with Crippen LogP contribution in [0.15, 0.2) is 23.6 Å². The van der Waals surface area contributed by atoms with Crippen molar-refractivity contribution in [3.05, 3.63) is 29.3 Å². The lowest BCUT2D eigenvalue weighted by Crippen LogP contribution is -1.95. The Morgan fingerprint density at radius 1 is 1.29 bits per heavy atom. The van der Waals surface area contributed by atoms with E-state index in [4.69, 9.17) is 9.47 Å². The molecule has 3 nitrogen and oxygen atoms in total. The molecule has 0 unspecified atom stereocenters. The molecule has 1 aromatic heterocycles. The van der Waals surface area contributed by atoms with Gasteiger partial charge < -0.3 is 9.47 Å². The average Bonchev–Trinajstić information content (AvgIpc) is 2.77. The molecule has 0 bridgehead atoms. The second-order valence-corrected chi connectivity index (χ2v) is 4.45. The average molecular weight is 249 g/mol. The largest absolute Gasteiger partial charge is 0.493 e. The van der Waals surface area contributed by atoms with Crippen LogP contribution < -0.4 is 9.47 Å². The Morgan fingerprint density at radius 3 is 2.71 bits per heavy atom. The molecule has 2 rings (SSSR count). The van der Waals surface area contributed by atoms with Gasteiger partial charge in [0.25, 0.3) is 0 Å². The summed E-state index contributed by atoms with van der Waals surface area (Å²) in [5, 5.41) is 3.04. The minimum atomic E-state index is 0.631. The summed E-state index contributed by atoms with van der Waals surface area (Å²) >= 11 is 1.63. The summed E-state index contributed by atoms with van der Waals surface area (Å²) in [5.41, 5.74) is 2.10. The summed E-state index contributed by atoms with van der Waals surface area (Å²) in [7, 11) is 1.65. The van der Waals surface area contributed by atoms with Crippen LogP contribution in [0.4, 0.5) is 0 Å². The first kappa shape index (κ1) is 11.9. The van der Waals surface area contributed by atoms with Crippen molar-refractivity contribution in [1.29, 1.82) is 0 Å². The molecule has 0 fully saturated rings. The van der Waals surface area contributed by atoms with Crippen molar-refractivity contribution in [2.75, 3.05) is 13.7 Å². The van der Waals surface area contributed by atoms with Gasteiger partial charge in [0.2, 0.25) is 0 Å². The molecule has 0 amide bonds. The lowest BCUT2D eigenvalue weighted by molar-refractivity contribution is 0.311. The molecule has 1 heterocycles. The Labute approximate surface area is 105 Å². The minimum Gasteiger partial charge on any atom is -0.493 e. The molecule has 4 heteroatoms. The van der Waals surface area contributed by atoms with Crippen molar-refractivity contribution in [2.45, 2.75) is 13.8 Å². The first-order valence-corrected chi connectivity index (χ1v) is 6.36. The van der Waals surface area contributed by atoms with Gasteiger partial charge in [-0.15, -0.1) is 11.3 Å². The van der Waals surface area contributed by atoms with Gasteiger partial charge in [0.15, 0.2) is 11.5 Å². The van der Waals surface area contributed by atoms with E-state index in [1.54, 1.807) is 18.4 Å². The van der Waals surface area contributed by atoms with E-state index in [1.165, 1.54) is 0 Å². The molecular weight excluding hydrogens is 234 g/mol. The monoisotopic (exact) mass is 249 g/mol. The lowest BCUT2D eigenvalue weighted by atomic mass is 10.2. The molecule has 0 aliphatic heterocycles. The van der Waals surface area contributed by atoms with Gasteiger partial charge in [-0.1, -0.05) is 0 Å². The highest BCUT2D eigenvalue weighted by molar-refractivity contribution is 7.13. The number of rotatable bonds is 4. The van der Waals surface area contributed by atoms with Gasteiger partial charge in [0.05, 0.1) is 13.7 Å². The fourth-order valence-corrected chi connectivity index (χ4v) is 2.36. The maximum atomic E-state index is 5.48. The van der Waals surface area contributed by atoms with Crippen LogP contribution in [0.25, 0.3) is 10.6 Å². The second kappa shape index (κ2) is 5.19. The quantitative estimate of drug-likeness (QED) is 0.830. The number of hydrogen-bond donors (Lipinski definition) is 0. The van der Waals surface area contributed by atoms with Crippen LogP contribution in [0, 0.1) is 6.92 Å². The van der Waals surface area contributed by atoms with E-state index in [2.05, 4.69) is 4.98 Å². The summed E-state index contributed by atoms with van der Waals surface area (Å²) in [6, 6.07) is 5.89. The van der Waals surface area contributed by atoms with Gasteiger partial charge in [-0.25, -0.2) is 4.98 Å². The summed E-state index contributed by atoms with van der Waals surface area (Å²) < 4.78 is 10.8. The summed E-state index contributed by atoms with van der Waals surface area (Å²) in [4.78, 5) is 4.45. The van der Waals surface area contributed by atoms with Crippen LogP contribution in [0.1, 0.15) is 12.6 Å². The summed E-state index contributed by atoms with van der Waals surface area (Å²) in [6.45, 7) is 4.58. The number of hydrogen-bond acceptors (Lipinski definition) is 4. The second-order valence-electron chi connectivity index (χ2n) is 3.59. The zero-order valence-corrected chi connectivity index (χ0v) is 11.0. The van der Waals surface area contributed by atoms with Crippen LogP contribution in [-0.4, -0.2) is 18.7 Å². The van der Waals surface area contributed by atoms with Gasteiger partial charge in [0.1, 0.15) is 5.01 Å². The number of methoxy groups -OCH3 is 1. The molecule has 0 radical (unpaired) electrons. The molecule has 2 aromatic rings. The van der Waals surface area contributed by atoms with Gasteiger partial charge in [-0.3, -0.25) is 0 Å². The van der Waals surface area contributed by atoms with Gasteiger partial charge in [-0.05, 0) is 32.0 Å². The van der Waals surface area contributed by atoms with Crippen molar-refractivity contribution in [1.82, 2.24) is 4.98 Å². The Hall–Kier alpha value is -1.55. The zero-order chi connectivity index (χ0) is 12.3. The van der Waals surface area contributed by atoms with Gasteiger partial charge in [-0.2, -0.15) is 0 Å². The normalized spacial score (nSPS) is 10.3. The third-order valence-electron chi connectivity index (χ3n) is 2.33. The zero-order valence-electron chi connectivity index (χ0n) is 10.2. The molecule has 0 aliphatic rings. The lowest BCUT2D eigenvalue weighted by Gasteiger charge is -2.09. The van der Waals surface area contributed by atoms with E-state index >= 15 is 0 Å². The Kier molecular flexibility index (Phi) is 3.64. The van der Waals surface area contributed by atoms with Crippen molar-refractivity contribution in [3.8, 4) is 22.1 Å². The molecular formula is C13H15NO2S. The molecule has 0 spiro atoms. The topological polar surface area (TPSA) is 31.4 Å². The fraction of sp³-hybridized carbons (Fsp3) is 0.308. The summed E-state index contributed by atoms with van der Waals surface area (Å²) in [6.07, 6.45) is 0. The molecule has 0 N–H and O–H groups in total. The number of nitrogens with zero attached hydrogens (tertiary/aromatic N) is 1. The first-order chi connectivity index (χ1) is 8.24. The molecule has 90 valence electrons. The van der Waals surface area contributed by atoms with E-state index in [1.807, 2.05) is 37.4 Å². The van der Waals surface area contributed by atoms with Crippen LogP contribution >= 0.6 is 11.3 Å². The van der Waals surface area contributed by atoms with Crippen LogP contribution in [0.2, 0.25) is 0 Å².